The van der Waals surface area contributed by atoms with Gasteiger partial charge in [-0.1, -0.05) is 74.1 Å². The molecule has 0 aromatic rings. The molecule has 37 heavy (non-hydrogen) atoms. The fraction of sp³-hybridized carbons (Fsp3) is 0.938. The molecular formula is C32H65NO4. The monoisotopic (exact) mass is 527 g/mol. The zero-order valence-corrected chi connectivity index (χ0v) is 26.8. The van der Waals surface area contributed by atoms with Crippen LogP contribution < -0.4 is 0 Å². The number of unbranched alkanes of at least 4 members (excludes halogenated alkanes) is 1. The van der Waals surface area contributed by atoms with E-state index >= 15 is 0 Å². The maximum atomic E-state index is 11.8. The molecule has 1 atom stereocenters. The van der Waals surface area contributed by atoms with Crippen LogP contribution in [0, 0.1) is 16.7 Å². The summed E-state index contributed by atoms with van der Waals surface area (Å²) in [6.07, 6.45) is 12.4. The molecule has 0 heterocycles. The first-order valence-electron chi connectivity index (χ1n) is 15.5. The molecule has 1 saturated carbocycles. The molecule has 1 fully saturated rings. The molecule has 0 spiro atoms. The van der Waals surface area contributed by atoms with Gasteiger partial charge in [0.1, 0.15) is 6.10 Å². The van der Waals surface area contributed by atoms with Crippen molar-refractivity contribution in [2.75, 3.05) is 26.2 Å². The highest BCUT2D eigenvalue weighted by Crippen LogP contribution is 2.27. The van der Waals surface area contributed by atoms with Crippen LogP contribution in [0.2, 0.25) is 0 Å². The summed E-state index contributed by atoms with van der Waals surface area (Å²) < 4.78 is 10.9. The van der Waals surface area contributed by atoms with Crippen molar-refractivity contribution in [3.05, 3.63) is 0 Å². The van der Waals surface area contributed by atoms with Crippen LogP contribution in [-0.4, -0.2) is 49.2 Å². The molecule has 1 aliphatic rings. The van der Waals surface area contributed by atoms with E-state index in [0.29, 0.717) is 12.5 Å². The average Bonchev–Trinajstić information content (AvgIpc) is 2.90. The Morgan fingerprint density at radius 1 is 0.784 bits per heavy atom. The highest BCUT2D eigenvalue weighted by Gasteiger charge is 2.30. The minimum Gasteiger partial charge on any atom is -0.465 e. The normalized spacial score (nSPS) is 15.1. The topological polar surface area (TPSA) is 55.8 Å². The van der Waals surface area contributed by atoms with E-state index in [2.05, 4.69) is 39.5 Å². The molecule has 5 nitrogen and oxygen atoms in total. The average molecular weight is 528 g/mol. The molecule has 0 bridgehead atoms. The molecule has 222 valence electrons. The molecule has 1 aliphatic carbocycles. The second-order valence-corrected chi connectivity index (χ2v) is 11.8. The van der Waals surface area contributed by atoms with E-state index in [1.54, 1.807) is 0 Å². The highest BCUT2D eigenvalue weighted by molar-refractivity contribution is 5.76. The third kappa shape index (κ3) is 17.9. The first-order chi connectivity index (χ1) is 17.4. The van der Waals surface area contributed by atoms with Gasteiger partial charge in [-0.25, -0.2) is 0 Å². The summed E-state index contributed by atoms with van der Waals surface area (Å²) in [5.74, 6) is 0.466. The van der Waals surface area contributed by atoms with Gasteiger partial charge in [-0.2, -0.15) is 0 Å². The predicted molar refractivity (Wildman–Crippen MR) is 159 cm³/mol. The number of carbonyl (C=O) groups excluding carboxylic acids is 2. The minimum absolute atomic E-state index is 0.0214. The predicted octanol–water partition coefficient (Wildman–Crippen LogP) is 8.83. The lowest BCUT2D eigenvalue weighted by Gasteiger charge is -2.27. The number of hydrogen-bond donors (Lipinski definition) is 0. The highest BCUT2D eigenvalue weighted by atomic mass is 16.5. The summed E-state index contributed by atoms with van der Waals surface area (Å²) in [7, 11) is 0. The number of hydrogen-bond acceptors (Lipinski definition) is 5. The van der Waals surface area contributed by atoms with E-state index in [1.165, 1.54) is 58.2 Å². The quantitative estimate of drug-likeness (QED) is 0.211. The Kier molecular flexibility index (Phi) is 22.4. The summed E-state index contributed by atoms with van der Waals surface area (Å²) in [4.78, 5) is 25.9. The van der Waals surface area contributed by atoms with E-state index in [4.69, 9.17) is 9.47 Å². The van der Waals surface area contributed by atoms with Crippen molar-refractivity contribution in [3.8, 4) is 0 Å². The van der Waals surface area contributed by atoms with Crippen molar-refractivity contribution in [1.82, 2.24) is 4.90 Å². The van der Waals surface area contributed by atoms with Crippen LogP contribution >= 0.6 is 0 Å². The summed E-state index contributed by atoms with van der Waals surface area (Å²) >= 11 is 0. The van der Waals surface area contributed by atoms with E-state index in [9.17, 15) is 9.59 Å². The van der Waals surface area contributed by atoms with E-state index in [-0.39, 0.29) is 28.9 Å². The third-order valence-electron chi connectivity index (χ3n) is 8.03. The lowest BCUT2D eigenvalue weighted by Crippen LogP contribution is -2.31. The maximum Gasteiger partial charge on any atom is 0.311 e. The smallest absolute Gasteiger partial charge is 0.311 e. The van der Waals surface area contributed by atoms with Gasteiger partial charge in [-0.15, -0.1) is 0 Å². The Labute approximate surface area is 231 Å². The Morgan fingerprint density at radius 2 is 1.27 bits per heavy atom. The fourth-order valence-corrected chi connectivity index (χ4v) is 3.74. The standard InChI is InChI=1S/C14H28O2.C12H22O2.C6H15N/c1-6-9-10-12(7-2)11-16-13(15)14(4,5)8-3;1-4-12(2,3)11(13)14-10-8-6-5-7-9-10;1-4-7(5-2)6-3/h12H,6-11H2,1-5H3;10H,4-9H2,1-3H3;4-6H2,1-3H3. The van der Waals surface area contributed by atoms with Crippen molar-refractivity contribution < 1.29 is 19.1 Å². The van der Waals surface area contributed by atoms with Crippen molar-refractivity contribution in [2.45, 2.75) is 153 Å². The van der Waals surface area contributed by atoms with Crippen molar-refractivity contribution in [1.29, 1.82) is 0 Å². The molecule has 0 saturated heterocycles. The molecule has 1 rings (SSSR count). The Hall–Kier alpha value is -1.10. The first kappa shape index (κ1) is 38.0. The first-order valence-corrected chi connectivity index (χ1v) is 15.5. The molecule has 0 radical (unpaired) electrons. The van der Waals surface area contributed by atoms with Gasteiger partial charge >= 0.3 is 11.9 Å². The number of rotatable bonds is 14. The van der Waals surface area contributed by atoms with Crippen molar-refractivity contribution in [2.24, 2.45) is 16.7 Å². The molecule has 0 N–H and O–H groups in total. The Balaban J connectivity index is 0. The molecule has 0 aliphatic heterocycles. The molecular weight excluding hydrogens is 462 g/mol. The largest absolute Gasteiger partial charge is 0.465 e. The van der Waals surface area contributed by atoms with Crippen LogP contribution in [0.25, 0.3) is 0 Å². The van der Waals surface area contributed by atoms with Gasteiger partial charge in [0.05, 0.1) is 17.4 Å². The molecule has 0 aromatic carbocycles. The van der Waals surface area contributed by atoms with E-state index in [1.807, 2.05) is 41.5 Å². The van der Waals surface area contributed by atoms with Crippen LogP contribution in [0.15, 0.2) is 0 Å². The molecule has 0 amide bonds. The van der Waals surface area contributed by atoms with Gasteiger partial charge < -0.3 is 14.4 Å². The summed E-state index contributed by atoms with van der Waals surface area (Å²) in [5, 5.41) is 0. The lowest BCUT2D eigenvalue weighted by molar-refractivity contribution is -0.161. The lowest BCUT2D eigenvalue weighted by atomic mass is 9.90. The summed E-state index contributed by atoms with van der Waals surface area (Å²) in [6, 6.07) is 0. The van der Waals surface area contributed by atoms with Crippen LogP contribution in [0.3, 0.4) is 0 Å². The van der Waals surface area contributed by atoms with Crippen LogP contribution in [0.4, 0.5) is 0 Å². The third-order valence-corrected chi connectivity index (χ3v) is 8.03. The SMILES string of the molecule is CCC(C)(C)C(=O)OC1CCCCC1.CCCCC(CC)COC(=O)C(C)(C)CC.CCN(CC)CC. The van der Waals surface area contributed by atoms with Gasteiger partial charge in [0, 0.05) is 0 Å². The second kappa shape index (κ2) is 21.8. The van der Waals surface area contributed by atoms with Crippen LogP contribution in [0.1, 0.15) is 147 Å². The van der Waals surface area contributed by atoms with E-state index in [0.717, 1.165) is 32.1 Å². The van der Waals surface area contributed by atoms with Gasteiger partial charge in [-0.05, 0) is 98.2 Å². The minimum atomic E-state index is -0.330. The molecule has 5 heteroatoms. The van der Waals surface area contributed by atoms with Crippen LogP contribution in [-0.2, 0) is 19.1 Å². The fourth-order valence-electron chi connectivity index (χ4n) is 3.74. The zero-order valence-electron chi connectivity index (χ0n) is 26.8. The second-order valence-electron chi connectivity index (χ2n) is 11.8. The maximum absolute atomic E-state index is 11.8. The van der Waals surface area contributed by atoms with E-state index < -0.39 is 0 Å². The van der Waals surface area contributed by atoms with Gasteiger partial charge in [0.15, 0.2) is 0 Å². The van der Waals surface area contributed by atoms with Crippen molar-refractivity contribution >= 4 is 11.9 Å². The van der Waals surface area contributed by atoms with Crippen molar-refractivity contribution in [3.63, 3.8) is 0 Å². The number of ether oxygens (including phenoxy) is 2. The number of nitrogens with zero attached hydrogens (tertiary/aromatic N) is 1. The van der Waals surface area contributed by atoms with Crippen LogP contribution in [0.5, 0.6) is 0 Å². The van der Waals surface area contributed by atoms with Gasteiger partial charge in [-0.3, -0.25) is 9.59 Å². The summed E-state index contributed by atoms with van der Waals surface area (Å²) in [5.41, 5.74) is -0.638. The van der Waals surface area contributed by atoms with Gasteiger partial charge in [0.2, 0.25) is 0 Å². The van der Waals surface area contributed by atoms with Gasteiger partial charge in [0.25, 0.3) is 0 Å². The number of esters is 2. The molecule has 0 aromatic heterocycles. The number of carbonyl (C=O) groups is 2. The Morgan fingerprint density at radius 3 is 1.65 bits per heavy atom. The summed E-state index contributed by atoms with van der Waals surface area (Å²) in [6.45, 7) is 26.9. The Bertz CT molecular complexity index is 558. The zero-order chi connectivity index (χ0) is 28.9. The molecule has 1 unspecified atom stereocenters.